The minimum absolute atomic E-state index is 0.0891. The molecule has 102 valence electrons. The fourth-order valence-corrected chi connectivity index (χ4v) is 2.07. The number of nitrogens with two attached hydrogens (primary N) is 1. The molecule has 0 amide bonds. The highest BCUT2D eigenvalue weighted by atomic mass is 19.1. The molecular formula is C13H16FN3O2. The molecule has 0 atom stereocenters. The van der Waals surface area contributed by atoms with E-state index < -0.39 is 5.82 Å². The van der Waals surface area contributed by atoms with Crippen molar-refractivity contribution in [3.05, 3.63) is 23.6 Å². The molecule has 0 aliphatic heterocycles. The molecule has 0 saturated carbocycles. The summed E-state index contributed by atoms with van der Waals surface area (Å²) in [6.45, 7) is 1.82. The smallest absolute Gasteiger partial charge is 0.197 e. The number of ether oxygens (including phenoxy) is 2. The lowest BCUT2D eigenvalue weighted by atomic mass is 10.0. The number of anilines is 1. The highest BCUT2D eigenvalue weighted by Gasteiger charge is 2.20. The minimum atomic E-state index is -0.497. The number of aromatic nitrogens is 2. The lowest BCUT2D eigenvalue weighted by molar-refractivity contribution is 0.336. The van der Waals surface area contributed by atoms with Gasteiger partial charge in [0, 0.05) is 18.2 Å². The van der Waals surface area contributed by atoms with Crippen molar-refractivity contribution in [1.29, 1.82) is 0 Å². The maximum atomic E-state index is 14.0. The summed E-state index contributed by atoms with van der Waals surface area (Å²) in [6.07, 6.45) is 1.60. The van der Waals surface area contributed by atoms with Crippen molar-refractivity contribution in [2.45, 2.75) is 6.92 Å². The van der Waals surface area contributed by atoms with E-state index in [1.54, 1.807) is 13.2 Å². The standard InChI is InChI=1S/C13H16FN3O2/c1-7-8(9-6-16-17(2)13(9)15)5-10(14)12(19-4)11(7)18-3/h5-6H,15H2,1-4H3. The molecule has 0 bridgehead atoms. The van der Waals surface area contributed by atoms with Gasteiger partial charge < -0.3 is 15.2 Å². The third kappa shape index (κ3) is 1.99. The van der Waals surface area contributed by atoms with Crippen LogP contribution in [-0.4, -0.2) is 24.0 Å². The summed E-state index contributed by atoms with van der Waals surface area (Å²) in [5.41, 5.74) is 7.98. The average Bonchev–Trinajstić information content (AvgIpc) is 2.72. The lowest BCUT2D eigenvalue weighted by Crippen LogP contribution is -2.01. The van der Waals surface area contributed by atoms with Crippen LogP contribution >= 0.6 is 0 Å². The predicted octanol–water partition coefficient (Wildman–Crippen LogP) is 2.13. The molecule has 0 unspecified atom stereocenters. The molecule has 1 aromatic carbocycles. The van der Waals surface area contributed by atoms with Gasteiger partial charge in [0.25, 0.3) is 0 Å². The summed E-state index contributed by atoms with van der Waals surface area (Å²) < 4.78 is 25.8. The van der Waals surface area contributed by atoms with Gasteiger partial charge in [0.2, 0.25) is 0 Å². The summed E-state index contributed by atoms with van der Waals surface area (Å²) in [5.74, 6) is 0.421. The number of halogens is 1. The number of benzene rings is 1. The second-order valence-electron chi connectivity index (χ2n) is 4.16. The van der Waals surface area contributed by atoms with Crippen LogP contribution in [0.2, 0.25) is 0 Å². The first-order valence-electron chi connectivity index (χ1n) is 5.70. The maximum absolute atomic E-state index is 14.0. The molecule has 0 spiro atoms. The second kappa shape index (κ2) is 4.79. The van der Waals surface area contributed by atoms with Gasteiger partial charge in [0.1, 0.15) is 5.82 Å². The monoisotopic (exact) mass is 265 g/mol. The van der Waals surface area contributed by atoms with Gasteiger partial charge in [-0.2, -0.15) is 5.10 Å². The van der Waals surface area contributed by atoms with Crippen LogP contribution in [0.4, 0.5) is 10.2 Å². The maximum Gasteiger partial charge on any atom is 0.197 e. The molecule has 2 aromatic rings. The Balaban J connectivity index is 2.72. The number of rotatable bonds is 3. The van der Waals surface area contributed by atoms with Crippen molar-refractivity contribution in [3.63, 3.8) is 0 Å². The molecule has 2 rings (SSSR count). The molecule has 0 radical (unpaired) electrons. The summed E-state index contributed by atoms with van der Waals surface area (Å²) in [5, 5.41) is 4.06. The summed E-state index contributed by atoms with van der Waals surface area (Å²) in [7, 11) is 4.60. The van der Waals surface area contributed by atoms with Crippen LogP contribution in [0.5, 0.6) is 11.5 Å². The van der Waals surface area contributed by atoms with Gasteiger partial charge in [0.15, 0.2) is 17.3 Å². The molecule has 0 aliphatic rings. The third-order valence-corrected chi connectivity index (χ3v) is 3.12. The zero-order chi connectivity index (χ0) is 14.2. The van der Waals surface area contributed by atoms with Crippen LogP contribution in [0, 0.1) is 12.7 Å². The van der Waals surface area contributed by atoms with E-state index >= 15 is 0 Å². The quantitative estimate of drug-likeness (QED) is 0.923. The van der Waals surface area contributed by atoms with Crippen molar-refractivity contribution < 1.29 is 13.9 Å². The van der Waals surface area contributed by atoms with Crippen molar-refractivity contribution in [2.75, 3.05) is 20.0 Å². The van der Waals surface area contributed by atoms with Gasteiger partial charge in [-0.05, 0) is 18.6 Å². The number of hydrogen-bond acceptors (Lipinski definition) is 4. The van der Waals surface area contributed by atoms with E-state index in [2.05, 4.69) is 5.10 Å². The van der Waals surface area contributed by atoms with Gasteiger partial charge in [0.05, 0.1) is 20.4 Å². The zero-order valence-corrected chi connectivity index (χ0v) is 11.3. The number of aryl methyl sites for hydroxylation is 1. The van der Waals surface area contributed by atoms with Crippen LogP contribution in [0.3, 0.4) is 0 Å². The lowest BCUT2D eigenvalue weighted by Gasteiger charge is -2.15. The Bertz CT molecular complexity index is 623. The molecule has 19 heavy (non-hydrogen) atoms. The van der Waals surface area contributed by atoms with Crippen molar-refractivity contribution in [3.8, 4) is 22.6 Å². The highest BCUT2D eigenvalue weighted by molar-refractivity contribution is 5.79. The van der Waals surface area contributed by atoms with Crippen molar-refractivity contribution in [1.82, 2.24) is 9.78 Å². The van der Waals surface area contributed by atoms with E-state index in [1.807, 2.05) is 6.92 Å². The van der Waals surface area contributed by atoms with E-state index in [0.717, 1.165) is 5.56 Å². The summed E-state index contributed by atoms with van der Waals surface area (Å²) >= 11 is 0. The van der Waals surface area contributed by atoms with Gasteiger partial charge in [-0.1, -0.05) is 0 Å². The first-order chi connectivity index (χ1) is 9.01. The first kappa shape index (κ1) is 13.2. The predicted molar refractivity (Wildman–Crippen MR) is 70.9 cm³/mol. The Labute approximate surface area is 110 Å². The number of hydrogen-bond donors (Lipinski definition) is 1. The van der Waals surface area contributed by atoms with Crippen LogP contribution in [0.1, 0.15) is 5.56 Å². The fraction of sp³-hybridized carbons (Fsp3) is 0.308. The topological polar surface area (TPSA) is 62.3 Å². The molecule has 0 aliphatic carbocycles. The molecule has 2 N–H and O–H groups in total. The van der Waals surface area contributed by atoms with Crippen LogP contribution in [0.25, 0.3) is 11.1 Å². The summed E-state index contributed by atoms with van der Waals surface area (Å²) in [4.78, 5) is 0. The zero-order valence-electron chi connectivity index (χ0n) is 11.3. The Morgan fingerprint density at radius 2 is 1.84 bits per heavy atom. The highest BCUT2D eigenvalue weighted by Crippen LogP contribution is 2.40. The fourth-order valence-electron chi connectivity index (χ4n) is 2.07. The molecular weight excluding hydrogens is 249 g/mol. The SMILES string of the molecule is COc1c(F)cc(-c2cnn(C)c2N)c(C)c1OC. The molecule has 6 heteroatoms. The van der Waals surface area contributed by atoms with Crippen LogP contribution in [0.15, 0.2) is 12.3 Å². The Morgan fingerprint density at radius 1 is 1.21 bits per heavy atom. The average molecular weight is 265 g/mol. The normalized spacial score (nSPS) is 10.6. The largest absolute Gasteiger partial charge is 0.492 e. The third-order valence-electron chi connectivity index (χ3n) is 3.12. The molecule has 0 saturated heterocycles. The first-order valence-corrected chi connectivity index (χ1v) is 5.70. The van der Waals surface area contributed by atoms with Crippen molar-refractivity contribution in [2.24, 2.45) is 7.05 Å². The number of nitrogens with zero attached hydrogens (tertiary/aromatic N) is 2. The summed E-state index contributed by atoms with van der Waals surface area (Å²) in [6, 6.07) is 1.38. The van der Waals surface area contributed by atoms with Gasteiger partial charge in [-0.25, -0.2) is 4.39 Å². The number of methoxy groups -OCH3 is 2. The molecule has 1 aromatic heterocycles. The van der Waals surface area contributed by atoms with E-state index in [9.17, 15) is 4.39 Å². The molecule has 5 nitrogen and oxygen atoms in total. The van der Waals surface area contributed by atoms with E-state index in [0.29, 0.717) is 22.7 Å². The van der Waals surface area contributed by atoms with Crippen molar-refractivity contribution >= 4 is 5.82 Å². The Morgan fingerprint density at radius 3 is 2.32 bits per heavy atom. The van der Waals surface area contributed by atoms with Gasteiger partial charge in [-0.15, -0.1) is 0 Å². The van der Waals surface area contributed by atoms with E-state index in [4.69, 9.17) is 15.2 Å². The Hall–Kier alpha value is -2.24. The van der Waals surface area contributed by atoms with Gasteiger partial charge in [-0.3, -0.25) is 4.68 Å². The molecule has 1 heterocycles. The van der Waals surface area contributed by atoms with Gasteiger partial charge >= 0.3 is 0 Å². The van der Waals surface area contributed by atoms with E-state index in [-0.39, 0.29) is 5.75 Å². The van der Waals surface area contributed by atoms with E-state index in [1.165, 1.54) is 25.0 Å². The van der Waals surface area contributed by atoms with Crippen LogP contribution in [-0.2, 0) is 7.05 Å². The minimum Gasteiger partial charge on any atom is -0.492 e. The second-order valence-corrected chi connectivity index (χ2v) is 4.16. The number of nitrogen functional groups attached to an aromatic ring is 1. The van der Waals surface area contributed by atoms with Crippen LogP contribution < -0.4 is 15.2 Å². The molecule has 0 fully saturated rings. The Kier molecular flexibility index (Phi) is 3.33.